The van der Waals surface area contributed by atoms with Gasteiger partial charge < -0.3 is 16.0 Å². The molecule has 1 aromatic carbocycles. The fraction of sp³-hybridized carbons (Fsp3) is 0.550. The van der Waals surface area contributed by atoms with Crippen LogP contribution in [0, 0.1) is 5.92 Å². The molecule has 3 N–H and O–H groups in total. The number of amides is 1. The largest absolute Gasteiger partial charge is 0.379 e. The molecule has 146 valence electrons. The van der Waals surface area contributed by atoms with Crippen molar-refractivity contribution in [3.05, 3.63) is 41.7 Å². The second kappa shape index (κ2) is 8.99. The molecule has 2 heterocycles. The van der Waals surface area contributed by atoms with Crippen LogP contribution in [0.3, 0.4) is 0 Å². The summed E-state index contributed by atoms with van der Waals surface area (Å²) in [6, 6.07) is 8.89. The summed E-state index contributed by atoms with van der Waals surface area (Å²) >= 11 is 0. The highest BCUT2D eigenvalue weighted by molar-refractivity contribution is 5.76. The molecule has 2 aromatic rings. The first-order chi connectivity index (χ1) is 13.0. The number of nitrogens with one attached hydrogen (secondary N) is 1. The standard InChI is InChI=1S/C20H30N6O/c1-15(2)26-14-19(23-24-26)13-22-18-5-3-16(4-6-18)7-10-25-11-8-17(9-12-25)20(21)27/h3-6,14-15,17,22H,7-13H2,1-2H3,(H2,21,27). The first-order valence-electron chi connectivity index (χ1n) is 9.76. The molecule has 1 aliphatic heterocycles. The molecular formula is C20H30N6O. The van der Waals surface area contributed by atoms with Gasteiger partial charge in [-0.25, -0.2) is 4.68 Å². The Bertz CT molecular complexity index is 731. The molecule has 1 saturated heterocycles. The molecule has 0 unspecified atom stereocenters. The zero-order chi connectivity index (χ0) is 19.2. The minimum Gasteiger partial charge on any atom is -0.379 e. The number of nitrogens with two attached hydrogens (primary N) is 1. The van der Waals surface area contributed by atoms with Crippen LogP contribution in [-0.4, -0.2) is 45.4 Å². The molecule has 0 bridgehead atoms. The van der Waals surface area contributed by atoms with Crippen LogP contribution in [0.1, 0.15) is 44.0 Å². The van der Waals surface area contributed by atoms with E-state index in [-0.39, 0.29) is 11.8 Å². The van der Waals surface area contributed by atoms with Gasteiger partial charge in [-0.1, -0.05) is 17.3 Å². The number of carbonyl (C=O) groups excluding carboxylic acids is 1. The van der Waals surface area contributed by atoms with Crippen molar-refractivity contribution in [1.29, 1.82) is 0 Å². The Morgan fingerprint density at radius 2 is 1.96 bits per heavy atom. The zero-order valence-corrected chi connectivity index (χ0v) is 16.3. The Morgan fingerprint density at radius 1 is 1.26 bits per heavy atom. The summed E-state index contributed by atoms with van der Waals surface area (Å²) in [6.07, 6.45) is 4.77. The number of nitrogens with zero attached hydrogens (tertiary/aromatic N) is 4. The van der Waals surface area contributed by atoms with E-state index >= 15 is 0 Å². The maximum atomic E-state index is 11.2. The normalized spacial score (nSPS) is 16.0. The van der Waals surface area contributed by atoms with Gasteiger partial charge in [-0.15, -0.1) is 5.10 Å². The maximum absolute atomic E-state index is 11.2. The lowest BCUT2D eigenvalue weighted by atomic mass is 9.96. The predicted octanol–water partition coefficient (Wildman–Crippen LogP) is 2.21. The highest BCUT2D eigenvalue weighted by atomic mass is 16.1. The maximum Gasteiger partial charge on any atom is 0.220 e. The lowest BCUT2D eigenvalue weighted by molar-refractivity contribution is -0.123. The van der Waals surface area contributed by atoms with Gasteiger partial charge in [0.05, 0.1) is 12.7 Å². The molecule has 0 atom stereocenters. The van der Waals surface area contributed by atoms with Gasteiger partial charge in [0.15, 0.2) is 0 Å². The average Bonchev–Trinajstić information content (AvgIpc) is 3.15. The summed E-state index contributed by atoms with van der Waals surface area (Å²) in [5, 5.41) is 11.7. The molecule has 1 amide bonds. The summed E-state index contributed by atoms with van der Waals surface area (Å²) in [7, 11) is 0. The second-order valence-corrected chi connectivity index (χ2v) is 7.60. The Kier molecular flexibility index (Phi) is 6.45. The molecule has 0 saturated carbocycles. The first kappa shape index (κ1) is 19.4. The molecule has 1 fully saturated rings. The Morgan fingerprint density at radius 3 is 2.56 bits per heavy atom. The molecule has 1 aromatic heterocycles. The number of hydrogen-bond acceptors (Lipinski definition) is 5. The Labute approximate surface area is 160 Å². The summed E-state index contributed by atoms with van der Waals surface area (Å²) in [5.74, 6) is -0.0850. The third-order valence-corrected chi connectivity index (χ3v) is 5.22. The van der Waals surface area contributed by atoms with Crippen molar-refractivity contribution in [3.8, 4) is 0 Å². The van der Waals surface area contributed by atoms with Gasteiger partial charge in [-0.3, -0.25) is 4.79 Å². The molecule has 7 heteroatoms. The van der Waals surface area contributed by atoms with Crippen LogP contribution in [0.25, 0.3) is 0 Å². The van der Waals surface area contributed by atoms with Crippen molar-refractivity contribution in [1.82, 2.24) is 19.9 Å². The predicted molar refractivity (Wildman–Crippen MR) is 106 cm³/mol. The highest BCUT2D eigenvalue weighted by Gasteiger charge is 2.22. The fourth-order valence-electron chi connectivity index (χ4n) is 3.36. The average molecular weight is 371 g/mol. The van der Waals surface area contributed by atoms with E-state index < -0.39 is 0 Å². The number of rotatable bonds is 8. The van der Waals surface area contributed by atoms with E-state index in [9.17, 15) is 4.79 Å². The van der Waals surface area contributed by atoms with Crippen LogP contribution < -0.4 is 11.1 Å². The Hall–Kier alpha value is -2.41. The molecule has 0 spiro atoms. The molecule has 1 aliphatic rings. The topological polar surface area (TPSA) is 89.1 Å². The van der Waals surface area contributed by atoms with E-state index in [1.807, 2.05) is 10.9 Å². The number of benzene rings is 1. The van der Waals surface area contributed by atoms with Gasteiger partial charge in [0, 0.05) is 24.2 Å². The third kappa shape index (κ3) is 5.53. The number of primary amides is 1. The fourth-order valence-corrected chi connectivity index (χ4v) is 3.36. The minimum absolute atomic E-state index is 0.0637. The van der Waals surface area contributed by atoms with Gasteiger partial charge >= 0.3 is 0 Å². The molecule has 0 aliphatic carbocycles. The molecule has 7 nitrogen and oxygen atoms in total. The third-order valence-electron chi connectivity index (χ3n) is 5.22. The van der Waals surface area contributed by atoms with E-state index in [1.165, 1.54) is 5.56 Å². The van der Waals surface area contributed by atoms with Gasteiger partial charge in [0.1, 0.15) is 5.69 Å². The van der Waals surface area contributed by atoms with E-state index in [2.05, 4.69) is 58.6 Å². The van der Waals surface area contributed by atoms with Crippen molar-refractivity contribution in [2.45, 2.75) is 45.7 Å². The number of carbonyl (C=O) groups is 1. The van der Waals surface area contributed by atoms with E-state index in [0.717, 1.165) is 50.3 Å². The second-order valence-electron chi connectivity index (χ2n) is 7.60. The number of likely N-dealkylation sites (tertiary alicyclic amines) is 1. The molecular weight excluding hydrogens is 340 g/mol. The highest BCUT2D eigenvalue weighted by Crippen LogP contribution is 2.17. The van der Waals surface area contributed by atoms with Crippen molar-refractivity contribution in [2.24, 2.45) is 11.7 Å². The summed E-state index contributed by atoms with van der Waals surface area (Å²) < 4.78 is 1.87. The van der Waals surface area contributed by atoms with Gasteiger partial charge in [0.25, 0.3) is 0 Å². The van der Waals surface area contributed by atoms with Gasteiger partial charge in [0.2, 0.25) is 5.91 Å². The van der Waals surface area contributed by atoms with Crippen molar-refractivity contribution in [3.63, 3.8) is 0 Å². The SMILES string of the molecule is CC(C)n1cc(CNc2ccc(CCN3CCC(C(N)=O)CC3)cc2)nn1. The number of aromatic nitrogens is 3. The van der Waals surface area contributed by atoms with Crippen LogP contribution in [0.15, 0.2) is 30.5 Å². The van der Waals surface area contributed by atoms with Crippen LogP contribution in [0.2, 0.25) is 0 Å². The van der Waals surface area contributed by atoms with Crippen molar-refractivity contribution >= 4 is 11.6 Å². The van der Waals surface area contributed by atoms with Crippen LogP contribution in [-0.2, 0) is 17.8 Å². The van der Waals surface area contributed by atoms with E-state index in [4.69, 9.17) is 5.73 Å². The monoisotopic (exact) mass is 370 g/mol. The van der Waals surface area contributed by atoms with Crippen LogP contribution in [0.5, 0.6) is 0 Å². The number of anilines is 1. The zero-order valence-electron chi connectivity index (χ0n) is 16.3. The van der Waals surface area contributed by atoms with Gasteiger partial charge in [-0.05, 0) is 63.9 Å². The minimum atomic E-state index is -0.149. The molecule has 0 radical (unpaired) electrons. The smallest absolute Gasteiger partial charge is 0.220 e. The summed E-state index contributed by atoms with van der Waals surface area (Å²) in [4.78, 5) is 13.7. The Balaban J connectivity index is 1.41. The summed E-state index contributed by atoms with van der Waals surface area (Å²) in [6.45, 7) is 7.79. The quantitative estimate of drug-likeness (QED) is 0.744. The first-order valence-corrected chi connectivity index (χ1v) is 9.76. The van der Waals surface area contributed by atoms with Crippen molar-refractivity contribution in [2.75, 3.05) is 25.0 Å². The summed E-state index contributed by atoms with van der Waals surface area (Å²) in [5.41, 5.74) is 8.74. The lowest BCUT2D eigenvalue weighted by Gasteiger charge is -2.30. The van der Waals surface area contributed by atoms with E-state index in [1.54, 1.807) is 0 Å². The molecule has 3 rings (SSSR count). The van der Waals surface area contributed by atoms with Crippen molar-refractivity contribution < 1.29 is 4.79 Å². The van der Waals surface area contributed by atoms with Crippen LogP contribution in [0.4, 0.5) is 5.69 Å². The van der Waals surface area contributed by atoms with E-state index in [0.29, 0.717) is 12.6 Å². The van der Waals surface area contributed by atoms with Gasteiger partial charge in [-0.2, -0.15) is 0 Å². The molecule has 27 heavy (non-hydrogen) atoms. The number of piperidine rings is 1. The lowest BCUT2D eigenvalue weighted by Crippen LogP contribution is -2.39. The van der Waals surface area contributed by atoms with Crippen LogP contribution >= 0.6 is 0 Å². The number of hydrogen-bond donors (Lipinski definition) is 2.